The summed E-state index contributed by atoms with van der Waals surface area (Å²) in [6.45, 7) is 2.90. The average molecular weight is 586 g/mol. The van der Waals surface area contributed by atoms with Gasteiger partial charge in [0.2, 0.25) is 0 Å². The number of hydrogen-bond acceptors (Lipinski definition) is 5. The Kier molecular flexibility index (Phi) is 7.31. The number of piperidine rings is 1. The molecule has 0 saturated carbocycles. The second-order valence-electron chi connectivity index (χ2n) is 8.05. The van der Waals surface area contributed by atoms with Crippen molar-refractivity contribution < 1.29 is 18.3 Å². The summed E-state index contributed by atoms with van der Waals surface area (Å²) in [6.07, 6.45) is 5.00. The predicted octanol–water partition coefficient (Wildman–Crippen LogP) is 5.32. The van der Waals surface area contributed by atoms with Gasteiger partial charge in [-0.05, 0) is 84.7 Å². The molecule has 0 aliphatic carbocycles. The van der Waals surface area contributed by atoms with E-state index in [9.17, 15) is 13.5 Å². The number of ether oxygens (including phenoxy) is 1. The van der Waals surface area contributed by atoms with Crippen LogP contribution in [-0.2, 0) is 10.0 Å². The Morgan fingerprint density at radius 3 is 2.53 bits per heavy atom. The zero-order chi connectivity index (χ0) is 22.9. The lowest BCUT2D eigenvalue weighted by Crippen LogP contribution is -2.31. The molecule has 1 N–H and O–H groups in total. The highest BCUT2D eigenvalue weighted by Gasteiger charge is 2.26. The van der Waals surface area contributed by atoms with E-state index in [1.54, 1.807) is 30.5 Å². The zero-order valence-corrected chi connectivity index (χ0v) is 21.8. The van der Waals surface area contributed by atoms with E-state index in [0.29, 0.717) is 27.7 Å². The monoisotopic (exact) mass is 584 g/mol. The van der Waals surface area contributed by atoms with E-state index in [0.717, 1.165) is 29.5 Å². The van der Waals surface area contributed by atoms with Crippen LogP contribution in [0, 0.1) is 0 Å². The summed E-state index contributed by atoms with van der Waals surface area (Å²) in [5, 5.41) is 11.8. The van der Waals surface area contributed by atoms with Gasteiger partial charge in [-0.25, -0.2) is 12.4 Å². The first-order valence-electron chi connectivity index (χ1n) is 10.6. The summed E-state index contributed by atoms with van der Waals surface area (Å²) in [5.41, 5.74) is 1.15. The van der Waals surface area contributed by atoms with Crippen molar-refractivity contribution in [3.8, 4) is 5.75 Å². The molecule has 0 radical (unpaired) electrons. The highest BCUT2D eigenvalue weighted by molar-refractivity contribution is 9.10. The zero-order valence-electron chi connectivity index (χ0n) is 17.8. The Balaban J connectivity index is 1.72. The van der Waals surface area contributed by atoms with Crippen molar-refractivity contribution in [3.05, 3.63) is 57.1 Å². The lowest BCUT2D eigenvalue weighted by Gasteiger charge is -2.27. The number of rotatable bonds is 7. The first-order valence-corrected chi connectivity index (χ1v) is 13.6. The minimum atomic E-state index is -3.90. The van der Waals surface area contributed by atoms with E-state index in [1.807, 2.05) is 6.07 Å². The number of aliphatic hydroxyl groups is 1. The maximum atomic E-state index is 13.6. The van der Waals surface area contributed by atoms with Crippen LogP contribution >= 0.6 is 31.9 Å². The molecule has 1 aliphatic rings. The lowest BCUT2D eigenvalue weighted by atomic mass is 10.0. The maximum absolute atomic E-state index is 13.6. The van der Waals surface area contributed by atoms with Gasteiger partial charge in [0.25, 0.3) is 10.0 Å². The third kappa shape index (κ3) is 4.77. The van der Waals surface area contributed by atoms with Gasteiger partial charge in [0.05, 0.1) is 18.7 Å². The van der Waals surface area contributed by atoms with Crippen LogP contribution in [0.1, 0.15) is 37.4 Å². The van der Waals surface area contributed by atoms with Gasteiger partial charge in [0.15, 0.2) is 0 Å². The van der Waals surface area contributed by atoms with Crippen molar-refractivity contribution in [2.75, 3.05) is 26.7 Å². The molecule has 1 unspecified atom stereocenters. The summed E-state index contributed by atoms with van der Waals surface area (Å²) in [4.78, 5) is 2.50. The van der Waals surface area contributed by atoms with Crippen LogP contribution in [0.15, 0.2) is 56.4 Å². The normalized spacial score (nSPS) is 16.4. The molecule has 2 aromatic carbocycles. The molecule has 9 heteroatoms. The van der Waals surface area contributed by atoms with E-state index in [2.05, 4.69) is 36.8 Å². The Morgan fingerprint density at radius 1 is 1.09 bits per heavy atom. The number of fused-ring (bicyclic) bond motifs is 1. The van der Waals surface area contributed by atoms with Gasteiger partial charge in [-0.15, -0.1) is 0 Å². The van der Waals surface area contributed by atoms with Crippen molar-refractivity contribution in [1.82, 2.24) is 8.87 Å². The number of benzene rings is 2. The number of aliphatic hydroxyl groups excluding tert-OH is 1. The van der Waals surface area contributed by atoms with E-state index in [-0.39, 0.29) is 4.90 Å². The fourth-order valence-electron chi connectivity index (χ4n) is 4.23. The lowest BCUT2D eigenvalue weighted by molar-refractivity contribution is 0.135. The summed E-state index contributed by atoms with van der Waals surface area (Å²) < 4.78 is 34.9. The van der Waals surface area contributed by atoms with Gasteiger partial charge in [-0.2, -0.15) is 0 Å². The van der Waals surface area contributed by atoms with Crippen LogP contribution in [0.2, 0.25) is 0 Å². The molecule has 172 valence electrons. The summed E-state index contributed by atoms with van der Waals surface area (Å²) in [7, 11) is -2.37. The molecule has 4 rings (SSSR count). The Labute approximate surface area is 205 Å². The molecule has 1 aliphatic heterocycles. The maximum Gasteiger partial charge on any atom is 0.269 e. The van der Waals surface area contributed by atoms with Gasteiger partial charge in [0.1, 0.15) is 10.6 Å². The SMILES string of the molecule is COc1ccc(S(=O)(=O)n2cc(C(O)CCN3CCCCC3)c3cc(Br)ccc32)c(Br)c1. The van der Waals surface area contributed by atoms with E-state index in [1.165, 1.54) is 36.4 Å². The van der Waals surface area contributed by atoms with Gasteiger partial charge in [-0.1, -0.05) is 22.4 Å². The third-order valence-electron chi connectivity index (χ3n) is 5.97. The molecule has 0 bridgehead atoms. The molecule has 1 saturated heterocycles. The number of aromatic nitrogens is 1. The highest BCUT2D eigenvalue weighted by Crippen LogP contribution is 2.35. The highest BCUT2D eigenvalue weighted by atomic mass is 79.9. The average Bonchev–Trinajstić information content (AvgIpc) is 3.17. The molecule has 2 heterocycles. The largest absolute Gasteiger partial charge is 0.497 e. The predicted molar refractivity (Wildman–Crippen MR) is 133 cm³/mol. The fraction of sp³-hybridized carbons (Fsp3) is 0.391. The quantitative estimate of drug-likeness (QED) is 0.406. The second kappa shape index (κ2) is 9.85. The van der Waals surface area contributed by atoms with Gasteiger partial charge in [-0.3, -0.25) is 0 Å². The van der Waals surface area contributed by atoms with Crippen molar-refractivity contribution in [1.29, 1.82) is 0 Å². The molecule has 3 aromatic rings. The first kappa shape index (κ1) is 23.8. The number of likely N-dealkylation sites (tertiary alicyclic amines) is 1. The number of halogens is 2. The van der Waals surface area contributed by atoms with E-state index in [4.69, 9.17) is 4.74 Å². The van der Waals surface area contributed by atoms with Crippen molar-refractivity contribution in [3.63, 3.8) is 0 Å². The second-order valence-corrected chi connectivity index (χ2v) is 11.6. The van der Waals surface area contributed by atoms with Crippen LogP contribution in [-0.4, -0.2) is 49.1 Å². The molecular weight excluding hydrogens is 560 g/mol. The Hall–Kier alpha value is -1.39. The molecule has 0 spiro atoms. The fourth-order valence-corrected chi connectivity index (χ4v) is 6.99. The molecule has 32 heavy (non-hydrogen) atoms. The molecule has 1 atom stereocenters. The minimum absolute atomic E-state index is 0.132. The van der Waals surface area contributed by atoms with Crippen LogP contribution in [0.3, 0.4) is 0 Å². The van der Waals surface area contributed by atoms with Crippen LogP contribution in [0.25, 0.3) is 10.9 Å². The molecule has 6 nitrogen and oxygen atoms in total. The van der Waals surface area contributed by atoms with Crippen molar-refractivity contribution >= 4 is 52.8 Å². The molecule has 1 aromatic heterocycles. The van der Waals surface area contributed by atoms with Gasteiger partial charge in [0, 0.05) is 32.6 Å². The number of hydrogen-bond donors (Lipinski definition) is 1. The first-order chi connectivity index (χ1) is 15.3. The third-order valence-corrected chi connectivity index (χ3v) is 9.11. The van der Waals surface area contributed by atoms with Gasteiger partial charge >= 0.3 is 0 Å². The molecule has 0 amide bonds. The van der Waals surface area contributed by atoms with Crippen LogP contribution < -0.4 is 4.74 Å². The van der Waals surface area contributed by atoms with E-state index < -0.39 is 16.1 Å². The van der Waals surface area contributed by atoms with Crippen LogP contribution in [0.5, 0.6) is 5.75 Å². The standard InChI is InChI=1S/C23H26Br2N2O4S/c1-31-17-6-8-23(20(25)14-17)32(29,30)27-15-19(18-13-16(24)5-7-21(18)27)22(28)9-12-26-10-3-2-4-11-26/h5-8,13-15,22,28H,2-4,9-12H2,1H3. The van der Waals surface area contributed by atoms with Crippen molar-refractivity contribution in [2.45, 2.75) is 36.7 Å². The summed E-state index contributed by atoms with van der Waals surface area (Å²) in [5.74, 6) is 0.561. The Morgan fingerprint density at radius 2 is 1.84 bits per heavy atom. The van der Waals surface area contributed by atoms with Crippen molar-refractivity contribution in [2.24, 2.45) is 0 Å². The minimum Gasteiger partial charge on any atom is -0.497 e. The topological polar surface area (TPSA) is 71.8 Å². The van der Waals surface area contributed by atoms with Crippen LogP contribution in [0.4, 0.5) is 0 Å². The number of methoxy groups -OCH3 is 1. The summed E-state index contributed by atoms with van der Waals surface area (Å²) >= 11 is 6.85. The number of nitrogens with zero attached hydrogens (tertiary/aromatic N) is 2. The van der Waals surface area contributed by atoms with E-state index >= 15 is 0 Å². The van der Waals surface area contributed by atoms with Gasteiger partial charge < -0.3 is 14.7 Å². The Bertz CT molecular complexity index is 1220. The molecular formula is C23H26Br2N2O4S. The smallest absolute Gasteiger partial charge is 0.269 e. The molecule has 1 fully saturated rings. The summed E-state index contributed by atoms with van der Waals surface area (Å²) in [6, 6.07) is 10.2.